The number of nitrogens with one attached hydrogen (secondary N) is 2. The van der Waals surface area contributed by atoms with Gasteiger partial charge in [0.15, 0.2) is 6.61 Å². The molecular formula is C21H29N3O6. The largest absolute Gasteiger partial charge is 0.449 e. The van der Waals surface area contributed by atoms with Crippen molar-refractivity contribution in [1.29, 1.82) is 5.26 Å². The zero-order valence-electron chi connectivity index (χ0n) is 17.6. The number of esters is 1. The first kappa shape index (κ1) is 24.8. The monoisotopic (exact) mass is 419 g/mol. The van der Waals surface area contributed by atoms with E-state index in [4.69, 9.17) is 19.5 Å². The van der Waals surface area contributed by atoms with Gasteiger partial charge in [0.1, 0.15) is 24.3 Å². The van der Waals surface area contributed by atoms with Gasteiger partial charge in [-0.15, -0.1) is 0 Å². The number of nitrogens with zero attached hydrogens (tertiary/aromatic N) is 1. The van der Waals surface area contributed by atoms with Gasteiger partial charge in [0.25, 0.3) is 0 Å². The van der Waals surface area contributed by atoms with Gasteiger partial charge in [0.05, 0.1) is 6.54 Å². The van der Waals surface area contributed by atoms with E-state index in [2.05, 4.69) is 10.6 Å². The number of rotatable bonds is 11. The van der Waals surface area contributed by atoms with Gasteiger partial charge in [-0.05, 0) is 25.8 Å². The fourth-order valence-corrected chi connectivity index (χ4v) is 2.38. The molecule has 2 amide bonds. The molecule has 0 saturated carbocycles. The maximum atomic E-state index is 12.2. The van der Waals surface area contributed by atoms with Crippen LogP contribution in [0.25, 0.3) is 0 Å². The summed E-state index contributed by atoms with van der Waals surface area (Å²) < 4.78 is 15.2. The summed E-state index contributed by atoms with van der Waals surface area (Å²) in [6, 6.07) is 10.0. The van der Waals surface area contributed by atoms with Crippen molar-refractivity contribution in [2.24, 2.45) is 0 Å². The van der Waals surface area contributed by atoms with Crippen LogP contribution in [0, 0.1) is 11.3 Å². The molecule has 0 unspecified atom stereocenters. The van der Waals surface area contributed by atoms with Gasteiger partial charge in [-0.2, -0.15) is 5.26 Å². The Hall–Kier alpha value is -3.28. The molecule has 1 aromatic carbocycles. The quantitative estimate of drug-likeness (QED) is 0.417. The summed E-state index contributed by atoms with van der Waals surface area (Å²) in [5, 5.41) is 13.5. The van der Waals surface area contributed by atoms with Crippen LogP contribution in [0.4, 0.5) is 9.59 Å². The third kappa shape index (κ3) is 10.3. The fraction of sp³-hybridized carbons (Fsp3) is 0.524. The highest BCUT2D eigenvalue weighted by Gasteiger charge is 2.28. The lowest BCUT2D eigenvalue weighted by Gasteiger charge is -2.26. The molecule has 9 heteroatoms. The Kier molecular flexibility index (Phi) is 10.8. The molecule has 0 fully saturated rings. The van der Waals surface area contributed by atoms with E-state index in [1.54, 1.807) is 19.9 Å². The van der Waals surface area contributed by atoms with Crippen molar-refractivity contribution in [3.63, 3.8) is 0 Å². The number of carbonyl (C=O) groups is 3. The van der Waals surface area contributed by atoms with Crippen molar-refractivity contribution < 1.29 is 28.6 Å². The first-order valence-electron chi connectivity index (χ1n) is 9.75. The Labute approximate surface area is 176 Å². The summed E-state index contributed by atoms with van der Waals surface area (Å²) in [5.74, 6) is -0.692. The fourth-order valence-electron chi connectivity index (χ4n) is 2.38. The maximum Gasteiger partial charge on any atom is 0.408 e. The van der Waals surface area contributed by atoms with E-state index >= 15 is 0 Å². The number of benzene rings is 1. The van der Waals surface area contributed by atoms with Crippen LogP contribution >= 0.6 is 0 Å². The highest BCUT2D eigenvalue weighted by molar-refractivity contribution is 5.81. The van der Waals surface area contributed by atoms with E-state index in [-0.39, 0.29) is 13.2 Å². The molecule has 1 rings (SSSR count). The molecule has 0 radical (unpaired) electrons. The molecular weight excluding hydrogens is 390 g/mol. The molecule has 1 aromatic rings. The predicted molar refractivity (Wildman–Crippen MR) is 108 cm³/mol. The molecule has 0 heterocycles. The van der Waals surface area contributed by atoms with Crippen LogP contribution in [-0.2, 0) is 25.6 Å². The van der Waals surface area contributed by atoms with Crippen molar-refractivity contribution in [2.45, 2.75) is 58.3 Å². The van der Waals surface area contributed by atoms with Crippen molar-refractivity contribution in [2.75, 3.05) is 13.2 Å². The average Bonchev–Trinajstić information content (AvgIpc) is 2.72. The lowest BCUT2D eigenvalue weighted by Crippen LogP contribution is -2.48. The highest BCUT2D eigenvalue weighted by Crippen LogP contribution is 2.10. The van der Waals surface area contributed by atoms with Crippen LogP contribution in [-0.4, -0.2) is 43.0 Å². The van der Waals surface area contributed by atoms with Gasteiger partial charge in [0.2, 0.25) is 0 Å². The average molecular weight is 419 g/mol. The number of nitriles is 1. The van der Waals surface area contributed by atoms with Crippen molar-refractivity contribution in [1.82, 2.24) is 10.6 Å². The summed E-state index contributed by atoms with van der Waals surface area (Å²) in [6.07, 6.45) is 0.399. The lowest BCUT2D eigenvalue weighted by molar-refractivity contribution is -0.145. The molecule has 0 saturated heterocycles. The minimum atomic E-state index is -1.05. The molecule has 30 heavy (non-hydrogen) atoms. The van der Waals surface area contributed by atoms with E-state index < -0.39 is 36.4 Å². The predicted octanol–water partition coefficient (Wildman–Crippen LogP) is 3.04. The number of amides is 2. The molecule has 2 N–H and O–H groups in total. The van der Waals surface area contributed by atoms with E-state index in [0.717, 1.165) is 12.0 Å². The molecule has 0 spiro atoms. The Morgan fingerprint density at radius 2 is 1.83 bits per heavy atom. The van der Waals surface area contributed by atoms with Crippen molar-refractivity contribution >= 4 is 18.2 Å². The maximum absolute atomic E-state index is 12.2. The molecule has 0 aliphatic rings. The minimum Gasteiger partial charge on any atom is -0.449 e. The first-order chi connectivity index (χ1) is 14.3. The van der Waals surface area contributed by atoms with Gasteiger partial charge in [-0.25, -0.2) is 14.4 Å². The summed E-state index contributed by atoms with van der Waals surface area (Å²) >= 11 is 0. The number of alkyl carbamates (subject to hydrolysis) is 2. The number of unbranched alkanes of at least 4 members (excludes halogenated alkanes) is 1. The van der Waals surface area contributed by atoms with Gasteiger partial charge in [-0.3, -0.25) is 0 Å². The van der Waals surface area contributed by atoms with Crippen LogP contribution < -0.4 is 10.6 Å². The van der Waals surface area contributed by atoms with Crippen molar-refractivity contribution in [3.8, 4) is 6.07 Å². The number of hydrogen-bond donors (Lipinski definition) is 2. The van der Waals surface area contributed by atoms with Gasteiger partial charge in [-0.1, -0.05) is 50.1 Å². The molecule has 164 valence electrons. The van der Waals surface area contributed by atoms with E-state index in [1.807, 2.05) is 37.3 Å². The third-order valence-corrected chi connectivity index (χ3v) is 3.94. The van der Waals surface area contributed by atoms with E-state index in [9.17, 15) is 14.4 Å². The summed E-state index contributed by atoms with van der Waals surface area (Å²) in [5.41, 5.74) is -0.203. The van der Waals surface area contributed by atoms with Crippen LogP contribution in [0.2, 0.25) is 0 Å². The topological polar surface area (TPSA) is 127 Å². The molecule has 1 atom stereocenters. The normalized spacial score (nSPS) is 11.5. The number of ether oxygens (including phenoxy) is 3. The van der Waals surface area contributed by atoms with Crippen LogP contribution in [0.1, 0.15) is 45.6 Å². The Morgan fingerprint density at radius 1 is 1.13 bits per heavy atom. The number of hydrogen-bond acceptors (Lipinski definition) is 7. The van der Waals surface area contributed by atoms with E-state index in [0.29, 0.717) is 12.8 Å². The highest BCUT2D eigenvalue weighted by atomic mass is 16.6. The second-order valence-corrected chi connectivity index (χ2v) is 7.17. The molecule has 0 aromatic heterocycles. The summed E-state index contributed by atoms with van der Waals surface area (Å²) in [4.78, 5) is 36.1. The van der Waals surface area contributed by atoms with Crippen LogP contribution in [0.5, 0.6) is 0 Å². The Morgan fingerprint density at radius 3 is 2.47 bits per heavy atom. The second-order valence-electron chi connectivity index (χ2n) is 7.17. The molecule has 0 bridgehead atoms. The second kappa shape index (κ2) is 13.0. The Bertz CT molecular complexity index is 730. The van der Waals surface area contributed by atoms with Gasteiger partial charge in [0, 0.05) is 0 Å². The summed E-state index contributed by atoms with van der Waals surface area (Å²) in [6.45, 7) is 4.91. The van der Waals surface area contributed by atoms with Gasteiger partial charge < -0.3 is 24.8 Å². The van der Waals surface area contributed by atoms with E-state index in [1.165, 1.54) is 0 Å². The zero-order chi connectivity index (χ0) is 22.4. The lowest BCUT2D eigenvalue weighted by atomic mass is 10.1. The zero-order valence-corrected chi connectivity index (χ0v) is 17.6. The SMILES string of the molecule is CCCC[C@H](NC(=O)OC(C)(C)CNC(=O)OCc1ccccc1)C(=O)OCC#N. The molecule has 0 aliphatic carbocycles. The standard InChI is InChI=1S/C21H29N3O6/c1-4-5-11-17(18(25)28-13-12-22)24-20(27)30-21(2,3)15-23-19(26)29-14-16-9-7-6-8-10-16/h6-10,17H,4-5,11,13-15H2,1-3H3,(H,23,26)(H,24,27)/t17-/m0/s1. The smallest absolute Gasteiger partial charge is 0.408 e. The molecule has 9 nitrogen and oxygen atoms in total. The van der Waals surface area contributed by atoms with Gasteiger partial charge >= 0.3 is 18.2 Å². The van der Waals surface area contributed by atoms with Crippen LogP contribution in [0.3, 0.4) is 0 Å². The van der Waals surface area contributed by atoms with Crippen LogP contribution in [0.15, 0.2) is 30.3 Å². The summed E-state index contributed by atoms with van der Waals surface area (Å²) in [7, 11) is 0. The first-order valence-corrected chi connectivity index (χ1v) is 9.75. The Balaban J connectivity index is 2.47. The minimum absolute atomic E-state index is 0.00650. The van der Waals surface area contributed by atoms with Crippen molar-refractivity contribution in [3.05, 3.63) is 35.9 Å². The molecule has 0 aliphatic heterocycles. The third-order valence-electron chi connectivity index (χ3n) is 3.94. The number of carbonyl (C=O) groups excluding carboxylic acids is 3.